The molecule has 1 aliphatic carbocycles. The summed E-state index contributed by atoms with van der Waals surface area (Å²) < 4.78 is 13.2. The maximum Gasteiger partial charge on any atom is 0.252 e. The fraction of sp³-hybridized carbons (Fsp3) is 0.375. The number of azide groups is 1. The van der Waals surface area contributed by atoms with Gasteiger partial charge < -0.3 is 25.0 Å². The van der Waals surface area contributed by atoms with Gasteiger partial charge in [0.15, 0.2) is 11.6 Å². The van der Waals surface area contributed by atoms with Gasteiger partial charge in [0.05, 0.1) is 12.7 Å². The molecule has 224 valence electrons. The molecule has 11 heteroatoms. The van der Waals surface area contributed by atoms with Crippen LogP contribution in [0.3, 0.4) is 0 Å². The van der Waals surface area contributed by atoms with E-state index in [2.05, 4.69) is 31.3 Å². The van der Waals surface area contributed by atoms with Gasteiger partial charge in [0.2, 0.25) is 5.90 Å². The highest BCUT2D eigenvalue weighted by atomic mass is 79.9. The monoisotopic (exact) mass is 647 g/mol. The van der Waals surface area contributed by atoms with E-state index in [1.54, 1.807) is 30.3 Å². The maximum atomic E-state index is 14.5. The topological polar surface area (TPSA) is 149 Å². The summed E-state index contributed by atoms with van der Waals surface area (Å²) >= 11 is 3.49. The van der Waals surface area contributed by atoms with Crippen LogP contribution in [-0.2, 0) is 16.0 Å². The number of amides is 1. The molecular weight excluding hydrogens is 614 g/mol. The lowest BCUT2D eigenvalue weighted by atomic mass is 9.81. The van der Waals surface area contributed by atoms with Crippen molar-refractivity contribution >= 4 is 33.4 Å². The fourth-order valence-corrected chi connectivity index (χ4v) is 5.82. The number of aliphatic imine (C=N–C) groups is 1. The van der Waals surface area contributed by atoms with Crippen LogP contribution in [0.5, 0.6) is 5.75 Å². The number of rotatable bonds is 11. The van der Waals surface area contributed by atoms with Crippen molar-refractivity contribution in [3.05, 3.63) is 104 Å². The number of aliphatic hydroxyl groups is 2. The Morgan fingerprint density at radius 1 is 1.09 bits per heavy atom. The summed E-state index contributed by atoms with van der Waals surface area (Å²) in [7, 11) is 0. The molecule has 0 spiro atoms. The van der Waals surface area contributed by atoms with E-state index < -0.39 is 11.6 Å². The second-order valence-corrected chi connectivity index (χ2v) is 11.7. The Morgan fingerprint density at radius 3 is 2.51 bits per heavy atom. The van der Waals surface area contributed by atoms with Crippen molar-refractivity contribution in [1.82, 2.24) is 5.32 Å². The molecule has 0 bridgehead atoms. The van der Waals surface area contributed by atoms with E-state index in [-0.39, 0.29) is 37.0 Å². The molecule has 1 aliphatic heterocycles. The second-order valence-electron chi connectivity index (χ2n) is 10.8. The van der Waals surface area contributed by atoms with E-state index in [1.807, 2.05) is 42.5 Å². The summed E-state index contributed by atoms with van der Waals surface area (Å²) in [5.74, 6) is 0.630. The molecule has 1 heterocycles. The highest BCUT2D eigenvalue weighted by Crippen LogP contribution is 2.45. The molecule has 1 saturated carbocycles. The van der Waals surface area contributed by atoms with Gasteiger partial charge in [-0.1, -0.05) is 57.4 Å². The van der Waals surface area contributed by atoms with Crippen LogP contribution >= 0.6 is 15.9 Å². The Bertz CT molecular complexity index is 1480. The molecule has 43 heavy (non-hydrogen) atoms. The van der Waals surface area contributed by atoms with Crippen LogP contribution in [0, 0.1) is 0 Å². The Morgan fingerprint density at radius 2 is 1.81 bits per heavy atom. The number of carbonyl (C=O) groups excluding carboxylic acids is 1. The summed E-state index contributed by atoms with van der Waals surface area (Å²) in [5.41, 5.74) is 10.3. The van der Waals surface area contributed by atoms with E-state index >= 15 is 0 Å². The Labute approximate surface area is 258 Å². The molecule has 10 nitrogen and oxygen atoms in total. The Balaban J connectivity index is 1.59. The molecule has 3 N–H and O–H groups in total. The quantitative estimate of drug-likeness (QED) is 0.0999. The molecule has 1 amide bonds. The normalized spacial score (nSPS) is 23.0. The summed E-state index contributed by atoms with van der Waals surface area (Å²) in [6.07, 6.45) is 2.05. The number of nitrogens with one attached hydrogen (secondary N) is 1. The number of hydrogen-bond acceptors (Lipinski definition) is 7. The Kier molecular flexibility index (Phi) is 9.99. The third kappa shape index (κ3) is 7.19. The van der Waals surface area contributed by atoms with Crippen LogP contribution in [0.4, 0.5) is 5.69 Å². The molecule has 2 atom stereocenters. The zero-order valence-corrected chi connectivity index (χ0v) is 25.2. The minimum absolute atomic E-state index is 0.0470. The zero-order valence-electron chi connectivity index (χ0n) is 23.6. The first-order valence-corrected chi connectivity index (χ1v) is 15.2. The van der Waals surface area contributed by atoms with Crippen molar-refractivity contribution in [2.24, 2.45) is 10.1 Å². The Hall–Kier alpha value is -3.89. The molecule has 0 aromatic heterocycles. The first kappa shape index (κ1) is 30.6. The second kappa shape index (κ2) is 14.1. The molecule has 3 aromatic carbocycles. The molecule has 0 unspecified atom stereocenters. The predicted octanol–water partition coefficient (Wildman–Crippen LogP) is 6.07. The van der Waals surface area contributed by atoms with Gasteiger partial charge in [0.25, 0.3) is 5.91 Å². The highest BCUT2D eigenvalue weighted by Gasteiger charge is 2.54. The summed E-state index contributed by atoms with van der Waals surface area (Å²) in [6, 6.07) is 21.9. The van der Waals surface area contributed by atoms with E-state index in [0.717, 1.165) is 10.0 Å². The number of carbonyl (C=O) groups is 1. The fourth-order valence-electron chi connectivity index (χ4n) is 5.55. The van der Waals surface area contributed by atoms with Crippen molar-refractivity contribution in [2.45, 2.75) is 62.3 Å². The first-order chi connectivity index (χ1) is 20.9. The molecule has 2 aliphatic rings. The van der Waals surface area contributed by atoms with Crippen molar-refractivity contribution in [3.8, 4) is 5.75 Å². The lowest BCUT2D eigenvalue weighted by Gasteiger charge is -2.34. The van der Waals surface area contributed by atoms with Gasteiger partial charge in [-0.2, -0.15) is 0 Å². The van der Waals surface area contributed by atoms with Crippen LogP contribution < -0.4 is 10.1 Å². The first-order valence-electron chi connectivity index (χ1n) is 14.4. The SMILES string of the molecule is [N-]=[N+]=Nc1ccccc1[C@H]1OC(c2ccc(OCCCO)cc2)=N[C@@]1(Cc1ccc(Br)cc1)C(=O)NC1CCC(O)CC1. The molecular formula is C32H34BrN5O5. The zero-order chi connectivity index (χ0) is 30.2. The van der Waals surface area contributed by atoms with E-state index in [0.29, 0.717) is 61.3 Å². The van der Waals surface area contributed by atoms with Gasteiger partial charge in [-0.15, -0.1) is 0 Å². The van der Waals surface area contributed by atoms with E-state index in [4.69, 9.17) is 19.6 Å². The number of aliphatic hydroxyl groups excluding tert-OH is 2. The molecule has 0 radical (unpaired) electrons. The smallest absolute Gasteiger partial charge is 0.252 e. The average Bonchev–Trinajstić information content (AvgIpc) is 3.40. The van der Waals surface area contributed by atoms with Crippen molar-refractivity contribution in [3.63, 3.8) is 0 Å². The van der Waals surface area contributed by atoms with Crippen LogP contribution in [0.1, 0.15) is 54.9 Å². The number of nitrogens with zero attached hydrogens (tertiary/aromatic N) is 4. The van der Waals surface area contributed by atoms with Crippen LogP contribution in [0.25, 0.3) is 10.4 Å². The van der Waals surface area contributed by atoms with Crippen molar-refractivity contribution < 1.29 is 24.5 Å². The molecule has 0 saturated heterocycles. The average molecular weight is 649 g/mol. The van der Waals surface area contributed by atoms with E-state index in [9.17, 15) is 15.4 Å². The maximum absolute atomic E-state index is 14.5. The van der Waals surface area contributed by atoms with Crippen LogP contribution in [0.15, 0.2) is 87.4 Å². The van der Waals surface area contributed by atoms with Gasteiger partial charge >= 0.3 is 0 Å². The van der Waals surface area contributed by atoms with Gasteiger partial charge in [0.1, 0.15) is 5.75 Å². The van der Waals surface area contributed by atoms with Gasteiger partial charge in [0, 0.05) is 51.7 Å². The largest absolute Gasteiger partial charge is 0.494 e. The number of ether oxygens (including phenoxy) is 2. The van der Waals surface area contributed by atoms with Gasteiger partial charge in [-0.05, 0) is 73.2 Å². The third-order valence-corrected chi connectivity index (χ3v) is 8.35. The van der Waals surface area contributed by atoms with Crippen molar-refractivity contribution in [2.75, 3.05) is 13.2 Å². The lowest BCUT2D eigenvalue weighted by molar-refractivity contribution is -0.130. The minimum Gasteiger partial charge on any atom is -0.494 e. The standard InChI is InChI=1S/C32H34BrN5O5/c33-23-10-6-21(7-11-23)20-32(31(41)35-24-12-14-25(40)15-13-24)29(27-4-1-2-5-28(27)37-38-34)43-30(36-32)22-8-16-26(17-9-22)42-19-3-18-39/h1-2,4-11,16-17,24-25,29,39-40H,3,12-15,18-20H2,(H,35,41)/t24?,25?,29-,32-/m1/s1. The van der Waals surface area contributed by atoms with Crippen LogP contribution in [0.2, 0.25) is 0 Å². The molecule has 1 fully saturated rings. The van der Waals surface area contributed by atoms with Crippen molar-refractivity contribution in [1.29, 1.82) is 0 Å². The molecule has 3 aromatic rings. The van der Waals surface area contributed by atoms with E-state index in [1.165, 1.54) is 0 Å². The van der Waals surface area contributed by atoms with Gasteiger partial charge in [-0.25, -0.2) is 4.99 Å². The predicted molar refractivity (Wildman–Crippen MR) is 166 cm³/mol. The number of benzene rings is 3. The highest BCUT2D eigenvalue weighted by molar-refractivity contribution is 9.10. The van der Waals surface area contributed by atoms with Gasteiger partial charge in [-0.3, -0.25) is 4.79 Å². The molecule has 5 rings (SSSR count). The lowest BCUT2D eigenvalue weighted by Crippen LogP contribution is -2.53. The van der Waals surface area contributed by atoms with Crippen LogP contribution in [-0.4, -0.2) is 52.9 Å². The number of halogens is 1. The summed E-state index contributed by atoms with van der Waals surface area (Å²) in [6.45, 7) is 0.436. The summed E-state index contributed by atoms with van der Waals surface area (Å²) in [5, 5.41) is 26.2. The summed E-state index contributed by atoms with van der Waals surface area (Å²) in [4.78, 5) is 22.6. The number of hydrogen-bond donors (Lipinski definition) is 3. The minimum atomic E-state index is -1.43. The third-order valence-electron chi connectivity index (χ3n) is 7.82.